The van der Waals surface area contributed by atoms with Gasteiger partial charge in [0.25, 0.3) is 5.91 Å². The maximum atomic E-state index is 13.7. The molecule has 1 unspecified atom stereocenters. The minimum atomic E-state index is -1.07. The Morgan fingerprint density at radius 3 is 2.43 bits per heavy atom. The van der Waals surface area contributed by atoms with Crippen molar-refractivity contribution in [3.05, 3.63) is 93.8 Å². The monoisotopic (exact) mass is 518 g/mol. The highest BCUT2D eigenvalue weighted by atomic mass is 35.5. The van der Waals surface area contributed by atoms with Gasteiger partial charge in [-0.3, -0.25) is 4.79 Å². The van der Waals surface area contributed by atoms with Gasteiger partial charge in [0, 0.05) is 46.9 Å². The molecule has 2 aromatic carbocycles. The summed E-state index contributed by atoms with van der Waals surface area (Å²) in [5, 5.41) is 0.746. The van der Waals surface area contributed by atoms with E-state index in [2.05, 4.69) is 36.6 Å². The number of aryl methyl sites for hydroxylation is 2. The van der Waals surface area contributed by atoms with E-state index in [0.29, 0.717) is 12.1 Å². The standard InChI is InChI=1S/C31H35ClN2O3/c1-5-9-24-18-25-27-26(20(2)28(25)33(24)17-16-21-12-14-23(32)15-13-21)19-34(31(27,3)30(36)37-4)29(35)22-10-7-6-8-11-22/h6-8,10-15,18,20,26-27H,5,9,16-17,19H2,1-4H3/t20?,26-,27+,31+/m0/s1. The number of esters is 1. The zero-order chi connectivity index (χ0) is 26.3. The molecule has 0 bridgehead atoms. The van der Waals surface area contributed by atoms with E-state index in [1.807, 2.05) is 49.4 Å². The summed E-state index contributed by atoms with van der Waals surface area (Å²) in [6.07, 6.45) is 2.92. The summed E-state index contributed by atoms with van der Waals surface area (Å²) in [4.78, 5) is 28.9. The highest BCUT2D eigenvalue weighted by Gasteiger charge is 2.63. The van der Waals surface area contributed by atoms with E-state index in [9.17, 15) is 9.59 Å². The second-order valence-corrected chi connectivity index (χ2v) is 11.0. The lowest BCUT2D eigenvalue weighted by Crippen LogP contribution is -2.54. The van der Waals surface area contributed by atoms with Crippen molar-refractivity contribution in [2.24, 2.45) is 5.92 Å². The summed E-state index contributed by atoms with van der Waals surface area (Å²) >= 11 is 6.09. The van der Waals surface area contributed by atoms with Crippen LogP contribution in [0.15, 0.2) is 60.7 Å². The van der Waals surface area contributed by atoms with Crippen LogP contribution in [0.1, 0.15) is 71.9 Å². The normalized spacial score (nSPS) is 24.1. The SMILES string of the molecule is CCCc1cc2c(n1CCc1ccc(Cl)cc1)C(C)[C@@H]1CN(C(=O)c3ccccc3)[C@@](C)(C(=O)OC)[C@H]21. The Labute approximate surface area is 224 Å². The molecule has 2 aliphatic rings. The van der Waals surface area contributed by atoms with E-state index in [0.717, 1.165) is 30.8 Å². The van der Waals surface area contributed by atoms with Crippen LogP contribution in [0.4, 0.5) is 0 Å². The lowest BCUT2D eigenvalue weighted by molar-refractivity contribution is -0.151. The molecule has 37 heavy (non-hydrogen) atoms. The first-order chi connectivity index (χ1) is 17.8. The fraction of sp³-hybridized carbons (Fsp3) is 0.419. The van der Waals surface area contributed by atoms with Crippen molar-refractivity contribution in [2.45, 2.75) is 64.0 Å². The van der Waals surface area contributed by atoms with E-state index in [-0.39, 0.29) is 29.6 Å². The minimum Gasteiger partial charge on any atom is -0.467 e. The lowest BCUT2D eigenvalue weighted by atomic mass is 9.78. The van der Waals surface area contributed by atoms with E-state index in [1.54, 1.807) is 4.90 Å². The molecule has 0 saturated carbocycles. The third kappa shape index (κ3) is 4.17. The summed E-state index contributed by atoms with van der Waals surface area (Å²) < 4.78 is 7.84. The molecule has 6 heteroatoms. The molecule has 194 valence electrons. The quantitative estimate of drug-likeness (QED) is 0.348. The Morgan fingerprint density at radius 1 is 1.08 bits per heavy atom. The van der Waals surface area contributed by atoms with E-state index < -0.39 is 5.54 Å². The van der Waals surface area contributed by atoms with Gasteiger partial charge in [0.2, 0.25) is 0 Å². The van der Waals surface area contributed by atoms with Gasteiger partial charge in [0.05, 0.1) is 7.11 Å². The lowest BCUT2D eigenvalue weighted by Gasteiger charge is -2.36. The number of amides is 1. The Balaban J connectivity index is 1.55. The molecule has 1 saturated heterocycles. The summed E-state index contributed by atoms with van der Waals surface area (Å²) in [7, 11) is 1.42. The molecular formula is C31H35ClN2O3. The predicted molar refractivity (Wildman–Crippen MR) is 146 cm³/mol. The highest BCUT2D eigenvalue weighted by molar-refractivity contribution is 6.30. The third-order valence-corrected chi connectivity index (χ3v) is 8.81. The Morgan fingerprint density at radius 2 is 1.78 bits per heavy atom. The molecule has 1 amide bonds. The van der Waals surface area contributed by atoms with Gasteiger partial charge in [-0.1, -0.05) is 62.2 Å². The summed E-state index contributed by atoms with van der Waals surface area (Å²) in [5.41, 5.74) is 4.59. The average Bonchev–Trinajstić information content (AvgIpc) is 3.51. The van der Waals surface area contributed by atoms with Gasteiger partial charge in [-0.2, -0.15) is 0 Å². The van der Waals surface area contributed by atoms with E-state index in [4.69, 9.17) is 16.3 Å². The number of hydrogen-bond acceptors (Lipinski definition) is 3. The van der Waals surface area contributed by atoms with Crippen LogP contribution in [-0.4, -0.2) is 40.5 Å². The van der Waals surface area contributed by atoms with Crippen molar-refractivity contribution >= 4 is 23.5 Å². The second-order valence-electron chi connectivity index (χ2n) is 10.6. The summed E-state index contributed by atoms with van der Waals surface area (Å²) in [6.45, 7) is 7.75. The van der Waals surface area contributed by atoms with Crippen molar-refractivity contribution in [1.29, 1.82) is 0 Å². The van der Waals surface area contributed by atoms with Gasteiger partial charge >= 0.3 is 5.97 Å². The average molecular weight is 519 g/mol. The van der Waals surface area contributed by atoms with Crippen LogP contribution in [0, 0.1) is 5.92 Å². The summed E-state index contributed by atoms with van der Waals surface area (Å²) in [5.74, 6) is -0.208. The Kier molecular flexibility index (Phi) is 6.93. The summed E-state index contributed by atoms with van der Waals surface area (Å²) in [6, 6.07) is 19.6. The van der Waals surface area contributed by atoms with Gasteiger partial charge in [-0.15, -0.1) is 0 Å². The maximum absolute atomic E-state index is 13.7. The molecule has 0 N–H and O–H groups in total. The fourth-order valence-corrected chi connectivity index (χ4v) is 6.89. The van der Waals surface area contributed by atoms with Gasteiger partial charge in [-0.25, -0.2) is 4.79 Å². The van der Waals surface area contributed by atoms with Crippen LogP contribution in [-0.2, 0) is 28.9 Å². The first-order valence-corrected chi connectivity index (χ1v) is 13.6. The number of ether oxygens (including phenoxy) is 1. The van der Waals surface area contributed by atoms with Gasteiger partial charge in [0.1, 0.15) is 5.54 Å². The first-order valence-electron chi connectivity index (χ1n) is 13.2. The number of methoxy groups -OCH3 is 1. The molecule has 1 fully saturated rings. The Hall–Kier alpha value is -3.05. The van der Waals surface area contributed by atoms with Gasteiger partial charge in [0.15, 0.2) is 0 Å². The van der Waals surface area contributed by atoms with Crippen molar-refractivity contribution in [3.63, 3.8) is 0 Å². The number of carbonyl (C=O) groups is 2. The molecule has 5 rings (SSSR count). The molecule has 2 heterocycles. The second kappa shape index (κ2) is 10.0. The molecule has 5 nitrogen and oxygen atoms in total. The van der Waals surface area contributed by atoms with Crippen LogP contribution >= 0.6 is 11.6 Å². The van der Waals surface area contributed by atoms with Crippen LogP contribution in [0.3, 0.4) is 0 Å². The molecular weight excluding hydrogens is 484 g/mol. The van der Waals surface area contributed by atoms with Crippen molar-refractivity contribution in [3.8, 4) is 0 Å². The smallest absolute Gasteiger partial charge is 0.332 e. The van der Waals surface area contributed by atoms with E-state index in [1.165, 1.54) is 29.6 Å². The maximum Gasteiger partial charge on any atom is 0.332 e. The number of benzene rings is 2. The predicted octanol–water partition coefficient (Wildman–Crippen LogP) is 6.24. The molecule has 1 aromatic heterocycles. The van der Waals surface area contributed by atoms with E-state index >= 15 is 0 Å². The number of nitrogens with zero attached hydrogens (tertiary/aromatic N) is 2. The molecule has 0 spiro atoms. The topological polar surface area (TPSA) is 51.5 Å². The number of likely N-dealkylation sites (tertiary alicyclic amines) is 1. The number of rotatable bonds is 7. The zero-order valence-corrected chi connectivity index (χ0v) is 22.8. The van der Waals surface area contributed by atoms with Crippen LogP contribution < -0.4 is 0 Å². The van der Waals surface area contributed by atoms with Crippen LogP contribution in [0.25, 0.3) is 0 Å². The largest absolute Gasteiger partial charge is 0.467 e. The van der Waals surface area contributed by atoms with Crippen LogP contribution in [0.2, 0.25) is 5.02 Å². The molecule has 4 atom stereocenters. The van der Waals surface area contributed by atoms with Crippen molar-refractivity contribution < 1.29 is 14.3 Å². The number of carbonyl (C=O) groups excluding carboxylic acids is 2. The van der Waals surface area contributed by atoms with Gasteiger partial charge < -0.3 is 14.2 Å². The van der Waals surface area contributed by atoms with Gasteiger partial charge in [-0.05, 0) is 67.1 Å². The number of hydrogen-bond donors (Lipinski definition) is 0. The molecule has 1 aliphatic carbocycles. The van der Waals surface area contributed by atoms with Crippen molar-refractivity contribution in [1.82, 2.24) is 9.47 Å². The number of fused-ring (bicyclic) bond motifs is 3. The molecule has 0 radical (unpaired) electrons. The first kappa shape index (κ1) is 25.6. The third-order valence-electron chi connectivity index (χ3n) is 8.56. The Bertz CT molecular complexity index is 1300. The van der Waals surface area contributed by atoms with Crippen LogP contribution in [0.5, 0.6) is 0 Å². The molecule has 1 aliphatic heterocycles. The zero-order valence-electron chi connectivity index (χ0n) is 22.0. The van der Waals surface area contributed by atoms with Crippen molar-refractivity contribution in [2.75, 3.05) is 13.7 Å². The minimum absolute atomic E-state index is 0.106. The molecule has 3 aromatic rings. The fourth-order valence-electron chi connectivity index (χ4n) is 6.77. The number of halogens is 1. The number of aromatic nitrogens is 1. The highest BCUT2D eigenvalue weighted by Crippen LogP contribution is 2.58.